The average molecular weight is 326 g/mol. The van der Waals surface area contributed by atoms with Crippen LogP contribution in [0.25, 0.3) is 0 Å². The molecule has 0 radical (unpaired) electrons. The van der Waals surface area contributed by atoms with E-state index in [0.29, 0.717) is 35.8 Å². The minimum atomic E-state index is -3.40. The van der Waals surface area contributed by atoms with Crippen LogP contribution in [0.1, 0.15) is 26.7 Å². The van der Waals surface area contributed by atoms with Crippen molar-refractivity contribution in [3.8, 4) is 5.75 Å². The molecule has 2 rings (SSSR count). The van der Waals surface area contributed by atoms with E-state index >= 15 is 0 Å². The van der Waals surface area contributed by atoms with E-state index in [2.05, 4.69) is 25.8 Å². The van der Waals surface area contributed by atoms with Gasteiger partial charge in [0, 0.05) is 25.2 Å². The largest absolute Gasteiger partial charge is 0.497 e. The van der Waals surface area contributed by atoms with Crippen LogP contribution in [-0.4, -0.2) is 57.0 Å². The number of sulfonamides is 1. The van der Waals surface area contributed by atoms with Gasteiger partial charge < -0.3 is 9.64 Å². The van der Waals surface area contributed by atoms with Gasteiger partial charge in [0.25, 0.3) is 0 Å². The summed E-state index contributed by atoms with van der Waals surface area (Å²) in [6, 6.07) is 7.54. The van der Waals surface area contributed by atoms with E-state index in [-0.39, 0.29) is 0 Å². The molecule has 124 valence electrons. The lowest BCUT2D eigenvalue weighted by atomic mass is 10.0. The lowest BCUT2D eigenvalue weighted by molar-refractivity contribution is 0.138. The highest BCUT2D eigenvalue weighted by Crippen LogP contribution is 2.24. The van der Waals surface area contributed by atoms with Crippen molar-refractivity contribution in [1.82, 2.24) is 9.21 Å². The number of ether oxygens (including phenoxy) is 1. The smallest absolute Gasteiger partial charge is 0.243 e. The minimum absolute atomic E-state index is 0.337. The van der Waals surface area contributed by atoms with E-state index in [4.69, 9.17) is 4.74 Å². The predicted molar refractivity (Wildman–Crippen MR) is 87.7 cm³/mol. The van der Waals surface area contributed by atoms with Crippen molar-refractivity contribution < 1.29 is 13.2 Å². The molecule has 1 aliphatic heterocycles. The van der Waals surface area contributed by atoms with E-state index in [1.54, 1.807) is 35.7 Å². The molecule has 1 aromatic rings. The highest BCUT2D eigenvalue weighted by molar-refractivity contribution is 7.89. The zero-order valence-corrected chi connectivity index (χ0v) is 14.6. The third kappa shape index (κ3) is 3.62. The van der Waals surface area contributed by atoms with Crippen molar-refractivity contribution in [2.75, 3.05) is 27.2 Å². The summed E-state index contributed by atoms with van der Waals surface area (Å²) in [6.07, 6.45) is 1.76. The van der Waals surface area contributed by atoms with Crippen molar-refractivity contribution in [2.24, 2.45) is 0 Å². The first-order chi connectivity index (χ1) is 10.4. The average Bonchev–Trinajstić information content (AvgIpc) is 2.54. The molecule has 0 saturated carbocycles. The molecule has 0 atom stereocenters. The van der Waals surface area contributed by atoms with Gasteiger partial charge >= 0.3 is 0 Å². The van der Waals surface area contributed by atoms with Crippen LogP contribution in [-0.2, 0) is 10.0 Å². The Balaban J connectivity index is 2.05. The lowest BCUT2D eigenvalue weighted by Crippen LogP contribution is -2.47. The molecular formula is C16H26N2O3S. The third-order valence-corrected chi connectivity index (χ3v) is 6.42. The summed E-state index contributed by atoms with van der Waals surface area (Å²) in [5, 5.41) is 0. The molecule has 5 nitrogen and oxygen atoms in total. The summed E-state index contributed by atoms with van der Waals surface area (Å²) in [7, 11) is 0.286. The maximum Gasteiger partial charge on any atom is 0.243 e. The second-order valence-corrected chi connectivity index (χ2v) is 8.01. The van der Waals surface area contributed by atoms with Crippen molar-refractivity contribution >= 4 is 10.0 Å². The van der Waals surface area contributed by atoms with Gasteiger partial charge in [0.1, 0.15) is 5.75 Å². The molecule has 6 heteroatoms. The first-order valence-electron chi connectivity index (χ1n) is 7.72. The number of methoxy groups -OCH3 is 1. The molecule has 0 spiro atoms. The van der Waals surface area contributed by atoms with Crippen LogP contribution in [0.2, 0.25) is 0 Å². The van der Waals surface area contributed by atoms with Crippen LogP contribution in [0.4, 0.5) is 0 Å². The van der Waals surface area contributed by atoms with Gasteiger partial charge in [0.15, 0.2) is 0 Å². The number of benzene rings is 1. The first kappa shape index (κ1) is 17.2. The van der Waals surface area contributed by atoms with Crippen LogP contribution < -0.4 is 4.74 Å². The molecule has 22 heavy (non-hydrogen) atoms. The first-order valence-corrected chi connectivity index (χ1v) is 9.16. The van der Waals surface area contributed by atoms with Crippen LogP contribution in [0.3, 0.4) is 0 Å². The Bertz CT molecular complexity index is 576. The fourth-order valence-corrected chi connectivity index (χ4v) is 4.28. The second-order valence-electron chi connectivity index (χ2n) is 6.07. The summed E-state index contributed by atoms with van der Waals surface area (Å²) < 4.78 is 32.0. The quantitative estimate of drug-likeness (QED) is 0.832. The fraction of sp³-hybridized carbons (Fsp3) is 0.625. The molecule has 0 amide bonds. The number of piperidine rings is 1. The Morgan fingerprint density at radius 3 is 2.18 bits per heavy atom. The van der Waals surface area contributed by atoms with Crippen molar-refractivity contribution in [3.05, 3.63) is 24.3 Å². The van der Waals surface area contributed by atoms with Gasteiger partial charge in [0.2, 0.25) is 10.0 Å². The van der Waals surface area contributed by atoms with Crippen molar-refractivity contribution in [1.29, 1.82) is 0 Å². The highest BCUT2D eigenvalue weighted by Gasteiger charge is 2.31. The van der Waals surface area contributed by atoms with Crippen LogP contribution in [0.5, 0.6) is 5.75 Å². The molecular weight excluding hydrogens is 300 g/mol. The maximum atomic E-state index is 12.7. The van der Waals surface area contributed by atoms with Gasteiger partial charge in [-0.1, -0.05) is 0 Å². The summed E-state index contributed by atoms with van der Waals surface area (Å²) >= 11 is 0. The molecule has 1 saturated heterocycles. The van der Waals surface area contributed by atoms with E-state index < -0.39 is 10.0 Å². The maximum absolute atomic E-state index is 12.7. The lowest BCUT2D eigenvalue weighted by Gasteiger charge is -2.38. The Kier molecular flexibility index (Phi) is 5.47. The standard InChI is InChI=1S/C16H26N2O3S/c1-13(2)17(3)14-9-11-18(12-10-14)22(19,20)16-7-5-15(21-4)6-8-16/h5-8,13-14H,9-12H2,1-4H3. The van der Waals surface area contributed by atoms with Gasteiger partial charge in [-0.25, -0.2) is 8.42 Å². The van der Waals surface area contributed by atoms with Crippen molar-refractivity contribution in [2.45, 2.75) is 43.7 Å². The minimum Gasteiger partial charge on any atom is -0.497 e. The molecule has 0 unspecified atom stereocenters. The normalized spacial score (nSPS) is 18.1. The number of hydrogen-bond donors (Lipinski definition) is 0. The van der Waals surface area contributed by atoms with Gasteiger partial charge in [0.05, 0.1) is 12.0 Å². The molecule has 0 N–H and O–H groups in total. The van der Waals surface area contributed by atoms with Crippen LogP contribution >= 0.6 is 0 Å². The molecule has 0 aliphatic carbocycles. The van der Waals surface area contributed by atoms with Crippen LogP contribution in [0, 0.1) is 0 Å². The monoisotopic (exact) mass is 326 g/mol. The SMILES string of the molecule is COc1ccc(S(=O)(=O)N2CCC(N(C)C(C)C)CC2)cc1. The summed E-state index contributed by atoms with van der Waals surface area (Å²) in [5.41, 5.74) is 0. The number of hydrogen-bond acceptors (Lipinski definition) is 4. The molecule has 1 fully saturated rings. The molecule has 1 heterocycles. The zero-order chi connectivity index (χ0) is 16.3. The van der Waals surface area contributed by atoms with E-state index in [9.17, 15) is 8.42 Å². The zero-order valence-electron chi connectivity index (χ0n) is 13.8. The van der Waals surface area contributed by atoms with E-state index in [1.807, 2.05) is 0 Å². The third-order valence-electron chi connectivity index (χ3n) is 4.51. The highest BCUT2D eigenvalue weighted by atomic mass is 32.2. The molecule has 1 aliphatic rings. The summed E-state index contributed by atoms with van der Waals surface area (Å²) in [5.74, 6) is 0.663. The Hall–Kier alpha value is -1.11. The van der Waals surface area contributed by atoms with Gasteiger partial charge in [-0.05, 0) is 58.0 Å². The molecule has 0 aromatic heterocycles. The Labute approximate surface area is 133 Å². The van der Waals surface area contributed by atoms with Crippen LogP contribution in [0.15, 0.2) is 29.2 Å². The number of rotatable bonds is 5. The number of nitrogens with zero attached hydrogens (tertiary/aromatic N) is 2. The van der Waals surface area contributed by atoms with Gasteiger partial charge in [-0.2, -0.15) is 4.31 Å². The predicted octanol–water partition coefficient (Wildman–Crippen LogP) is 2.19. The van der Waals surface area contributed by atoms with Gasteiger partial charge in [-0.3, -0.25) is 0 Å². The summed E-state index contributed by atoms with van der Waals surface area (Å²) in [4.78, 5) is 2.67. The Morgan fingerprint density at radius 2 is 1.73 bits per heavy atom. The van der Waals surface area contributed by atoms with Gasteiger partial charge in [-0.15, -0.1) is 0 Å². The topological polar surface area (TPSA) is 49.9 Å². The summed E-state index contributed by atoms with van der Waals surface area (Å²) in [6.45, 7) is 5.49. The molecule has 1 aromatic carbocycles. The van der Waals surface area contributed by atoms with E-state index in [1.165, 1.54) is 0 Å². The second kappa shape index (κ2) is 6.98. The Morgan fingerprint density at radius 1 is 1.18 bits per heavy atom. The van der Waals surface area contributed by atoms with Crippen molar-refractivity contribution in [3.63, 3.8) is 0 Å². The fourth-order valence-electron chi connectivity index (χ4n) is 2.81. The van der Waals surface area contributed by atoms with E-state index in [0.717, 1.165) is 12.8 Å². The molecule has 0 bridgehead atoms.